The molecule has 0 atom stereocenters. The van der Waals surface area contributed by atoms with E-state index in [1.165, 1.54) is 51.4 Å². The Labute approximate surface area is 170 Å². The second kappa shape index (κ2) is 10.4. The van der Waals surface area contributed by atoms with E-state index in [0.29, 0.717) is 5.56 Å². The summed E-state index contributed by atoms with van der Waals surface area (Å²) in [4.78, 5) is 0. The van der Waals surface area contributed by atoms with E-state index in [1.54, 1.807) is 19.1 Å². The molecule has 28 heavy (non-hydrogen) atoms. The molecule has 0 aliphatic heterocycles. The van der Waals surface area contributed by atoms with Gasteiger partial charge in [0, 0.05) is 0 Å². The first-order valence-electron chi connectivity index (χ1n) is 11.5. The Morgan fingerprint density at radius 3 is 1.86 bits per heavy atom. The van der Waals surface area contributed by atoms with E-state index in [0.717, 1.165) is 43.4 Å². The maximum Gasteiger partial charge on any atom is 0.174 e. The summed E-state index contributed by atoms with van der Waals surface area (Å²) in [6.07, 6.45) is 15.5. The van der Waals surface area contributed by atoms with Gasteiger partial charge >= 0.3 is 0 Å². The lowest BCUT2D eigenvalue weighted by molar-refractivity contribution is 0.223. The van der Waals surface area contributed by atoms with Gasteiger partial charge in [-0.3, -0.25) is 0 Å². The van der Waals surface area contributed by atoms with Crippen molar-refractivity contribution in [2.75, 3.05) is 0 Å². The Bertz CT molecular complexity index is 680. The Morgan fingerprint density at radius 2 is 1.32 bits per heavy atom. The summed E-state index contributed by atoms with van der Waals surface area (Å²) < 4.78 is 28.7. The lowest BCUT2D eigenvalue weighted by atomic mass is 9.74. The average Bonchev–Trinajstić information content (AvgIpc) is 2.72. The van der Waals surface area contributed by atoms with Crippen molar-refractivity contribution in [1.82, 2.24) is 0 Å². The zero-order valence-corrected chi connectivity index (χ0v) is 17.7. The van der Waals surface area contributed by atoms with Crippen molar-refractivity contribution < 1.29 is 8.78 Å². The molecule has 0 saturated heterocycles. The fraction of sp³-hybridized carbons (Fsp3) is 0.692. The molecule has 2 fully saturated rings. The Morgan fingerprint density at radius 1 is 0.786 bits per heavy atom. The van der Waals surface area contributed by atoms with E-state index in [-0.39, 0.29) is 11.5 Å². The highest BCUT2D eigenvalue weighted by molar-refractivity contribution is 5.39. The van der Waals surface area contributed by atoms with Crippen LogP contribution < -0.4 is 0 Å². The predicted octanol–water partition coefficient (Wildman–Crippen LogP) is 8.00. The van der Waals surface area contributed by atoms with E-state index in [9.17, 15) is 8.78 Å². The lowest BCUT2D eigenvalue weighted by Crippen LogP contribution is -2.18. The van der Waals surface area contributed by atoms with Gasteiger partial charge in [-0.2, -0.15) is 0 Å². The molecule has 1 aromatic carbocycles. The Balaban J connectivity index is 1.45. The molecule has 2 aliphatic rings. The third kappa shape index (κ3) is 5.37. The lowest BCUT2D eigenvalue weighted by Gasteiger charge is -2.32. The van der Waals surface area contributed by atoms with Gasteiger partial charge in [0.05, 0.1) is 5.56 Å². The number of hydrogen-bond acceptors (Lipinski definition) is 0. The molecule has 0 spiro atoms. The summed E-state index contributed by atoms with van der Waals surface area (Å²) in [6, 6.07) is 3.41. The van der Waals surface area contributed by atoms with Crippen LogP contribution in [0.15, 0.2) is 12.1 Å². The third-order valence-corrected chi connectivity index (χ3v) is 7.30. The van der Waals surface area contributed by atoms with Crippen molar-refractivity contribution in [3.63, 3.8) is 0 Å². The summed E-state index contributed by atoms with van der Waals surface area (Å²) in [5.41, 5.74) is 0.734. The Hall–Kier alpha value is -1.36. The largest absolute Gasteiger partial charge is 0.203 e. The molecule has 0 nitrogen and oxygen atoms in total. The monoisotopic (exact) mass is 386 g/mol. The van der Waals surface area contributed by atoms with Crippen molar-refractivity contribution >= 4 is 0 Å². The minimum absolute atomic E-state index is 0.166. The zero-order valence-electron chi connectivity index (χ0n) is 17.7. The van der Waals surface area contributed by atoms with E-state index in [2.05, 4.69) is 18.8 Å². The number of benzene rings is 1. The molecule has 1 aromatic rings. The van der Waals surface area contributed by atoms with Crippen LogP contribution in [0.1, 0.15) is 108 Å². The van der Waals surface area contributed by atoms with Gasteiger partial charge in [-0.15, -0.1) is 5.92 Å². The van der Waals surface area contributed by atoms with Crippen molar-refractivity contribution in [1.29, 1.82) is 0 Å². The van der Waals surface area contributed by atoms with Crippen LogP contribution in [0, 0.1) is 41.2 Å². The highest BCUT2D eigenvalue weighted by Crippen LogP contribution is 2.41. The molecule has 2 heteroatoms. The van der Waals surface area contributed by atoms with Gasteiger partial charge in [0.25, 0.3) is 0 Å². The maximum atomic E-state index is 14.5. The topological polar surface area (TPSA) is 0 Å². The third-order valence-electron chi connectivity index (χ3n) is 7.30. The van der Waals surface area contributed by atoms with E-state index >= 15 is 0 Å². The summed E-state index contributed by atoms with van der Waals surface area (Å²) in [5.74, 6) is 6.72. The summed E-state index contributed by atoms with van der Waals surface area (Å²) in [7, 11) is 0. The molecule has 0 radical (unpaired) electrons. The first kappa shape index (κ1) is 21.4. The summed E-state index contributed by atoms with van der Waals surface area (Å²) >= 11 is 0. The van der Waals surface area contributed by atoms with Gasteiger partial charge in [-0.05, 0) is 67.9 Å². The molecule has 0 heterocycles. The van der Waals surface area contributed by atoms with Crippen LogP contribution in [0.3, 0.4) is 0 Å². The second-order valence-corrected chi connectivity index (χ2v) is 9.18. The molecule has 0 bridgehead atoms. The van der Waals surface area contributed by atoms with Crippen molar-refractivity contribution in [3.05, 3.63) is 34.9 Å². The number of rotatable bonds is 6. The number of hydrogen-bond donors (Lipinski definition) is 0. The van der Waals surface area contributed by atoms with Crippen LogP contribution in [-0.2, 0) is 0 Å². The van der Waals surface area contributed by atoms with Gasteiger partial charge in [0.15, 0.2) is 11.6 Å². The SMILES string of the molecule is CC#Cc1ccc(C2CCC(CC[C@H]3CC[C@H](CCC)CC3)CC2)c(F)c1F. The van der Waals surface area contributed by atoms with Crippen LogP contribution in [0.5, 0.6) is 0 Å². The normalized spacial score (nSPS) is 27.9. The van der Waals surface area contributed by atoms with Gasteiger partial charge in [-0.1, -0.05) is 70.3 Å². The fourth-order valence-electron chi connectivity index (χ4n) is 5.56. The van der Waals surface area contributed by atoms with Gasteiger partial charge in [0.1, 0.15) is 0 Å². The molecule has 0 amide bonds. The van der Waals surface area contributed by atoms with Gasteiger partial charge in [0.2, 0.25) is 0 Å². The van der Waals surface area contributed by atoms with Crippen LogP contribution >= 0.6 is 0 Å². The van der Waals surface area contributed by atoms with Crippen LogP contribution in [-0.4, -0.2) is 0 Å². The highest BCUT2D eigenvalue weighted by atomic mass is 19.2. The maximum absolute atomic E-state index is 14.5. The summed E-state index contributed by atoms with van der Waals surface area (Å²) in [5, 5.41) is 0. The average molecular weight is 387 g/mol. The highest BCUT2D eigenvalue weighted by Gasteiger charge is 2.27. The van der Waals surface area contributed by atoms with E-state index in [4.69, 9.17) is 0 Å². The minimum Gasteiger partial charge on any atom is -0.203 e. The second-order valence-electron chi connectivity index (χ2n) is 9.18. The molecule has 0 N–H and O–H groups in total. The molecule has 2 aliphatic carbocycles. The Kier molecular flexibility index (Phi) is 7.95. The van der Waals surface area contributed by atoms with Crippen LogP contribution in [0.4, 0.5) is 8.78 Å². The number of halogens is 2. The fourth-order valence-corrected chi connectivity index (χ4v) is 5.56. The molecule has 2 saturated carbocycles. The van der Waals surface area contributed by atoms with E-state index < -0.39 is 11.6 Å². The minimum atomic E-state index is -0.771. The first-order valence-corrected chi connectivity index (χ1v) is 11.5. The quantitative estimate of drug-likeness (QED) is 0.434. The molecule has 0 aromatic heterocycles. The van der Waals surface area contributed by atoms with Crippen molar-refractivity contribution in [2.45, 2.75) is 96.8 Å². The first-order chi connectivity index (χ1) is 13.6. The molecular formula is C26H36F2. The van der Waals surface area contributed by atoms with Gasteiger partial charge in [-0.25, -0.2) is 8.78 Å². The molecule has 154 valence electrons. The van der Waals surface area contributed by atoms with Crippen molar-refractivity contribution in [3.8, 4) is 11.8 Å². The standard InChI is InChI=1S/C26H36F2/c1-3-5-19-7-9-20(10-8-19)11-12-21-13-15-22(16-14-21)24-18-17-23(6-4-2)25(27)26(24)28/h17-22H,3,5,7-16H2,1-2H3/t19-,20-,21?,22?. The predicted molar refractivity (Wildman–Crippen MR) is 113 cm³/mol. The van der Waals surface area contributed by atoms with Crippen LogP contribution in [0.25, 0.3) is 0 Å². The molecule has 3 rings (SSSR count). The van der Waals surface area contributed by atoms with Crippen LogP contribution in [0.2, 0.25) is 0 Å². The molecule has 0 unspecified atom stereocenters. The zero-order chi connectivity index (χ0) is 19.9. The summed E-state index contributed by atoms with van der Waals surface area (Å²) in [6.45, 7) is 3.94. The van der Waals surface area contributed by atoms with Gasteiger partial charge < -0.3 is 0 Å². The van der Waals surface area contributed by atoms with Crippen molar-refractivity contribution in [2.24, 2.45) is 17.8 Å². The molecular weight excluding hydrogens is 350 g/mol. The van der Waals surface area contributed by atoms with E-state index in [1.807, 2.05) is 0 Å². The smallest absolute Gasteiger partial charge is 0.174 e.